The molecule has 0 radical (unpaired) electrons. The van der Waals surface area contributed by atoms with E-state index in [0.29, 0.717) is 5.82 Å². The normalized spacial score (nSPS) is 11.6. The van der Waals surface area contributed by atoms with Gasteiger partial charge in [0.15, 0.2) is 5.82 Å². The van der Waals surface area contributed by atoms with Crippen LogP contribution in [0.4, 0.5) is 11.5 Å². The molecule has 5 rings (SSSR count). The van der Waals surface area contributed by atoms with Gasteiger partial charge >= 0.3 is 0 Å². The molecule has 0 bridgehead atoms. The molecule has 0 saturated carbocycles. The number of H-pyrrole nitrogens is 1. The molecule has 150 valence electrons. The Balaban J connectivity index is 1.44. The van der Waals surface area contributed by atoms with Crippen LogP contribution >= 0.6 is 0 Å². The fourth-order valence-corrected chi connectivity index (χ4v) is 3.56. The van der Waals surface area contributed by atoms with E-state index in [1.54, 1.807) is 6.20 Å². The number of aromatic nitrogens is 5. The van der Waals surface area contributed by atoms with Crippen LogP contribution in [0.1, 0.15) is 0 Å². The van der Waals surface area contributed by atoms with Crippen LogP contribution in [0.25, 0.3) is 33.2 Å². The molecule has 5 aromatic rings. The number of hydrogen-bond donors (Lipinski definition) is 2. The Labute approximate surface area is 174 Å². The predicted octanol–water partition coefficient (Wildman–Crippen LogP) is 4.28. The van der Waals surface area contributed by atoms with Gasteiger partial charge in [-0.1, -0.05) is 12.1 Å². The van der Waals surface area contributed by atoms with E-state index in [-0.39, 0.29) is 0 Å². The van der Waals surface area contributed by atoms with Gasteiger partial charge in [0.1, 0.15) is 5.82 Å². The van der Waals surface area contributed by atoms with E-state index in [0.717, 1.165) is 41.1 Å². The van der Waals surface area contributed by atoms with Gasteiger partial charge < -0.3 is 14.8 Å². The molecule has 30 heavy (non-hydrogen) atoms. The molecule has 0 unspecified atom stereocenters. The molecule has 0 aliphatic carbocycles. The molecule has 7 heteroatoms. The van der Waals surface area contributed by atoms with Gasteiger partial charge in [0, 0.05) is 47.6 Å². The number of rotatable bonds is 6. The molecule has 0 amide bonds. The smallest absolute Gasteiger partial charge is 0.161 e. The summed E-state index contributed by atoms with van der Waals surface area (Å²) in [5.41, 5.74) is 4.17. The lowest BCUT2D eigenvalue weighted by Gasteiger charge is -2.12. The number of benzene rings is 2. The van der Waals surface area contributed by atoms with E-state index in [2.05, 4.69) is 74.5 Å². The third kappa shape index (κ3) is 3.62. The number of aromatic amines is 1. The van der Waals surface area contributed by atoms with Crippen LogP contribution in [0, 0.1) is 0 Å². The van der Waals surface area contributed by atoms with Gasteiger partial charge in [-0.05, 0) is 55.9 Å². The third-order valence-corrected chi connectivity index (χ3v) is 5.19. The maximum absolute atomic E-state index is 4.74. The van der Waals surface area contributed by atoms with Crippen LogP contribution in [0.3, 0.4) is 0 Å². The molecule has 2 aromatic carbocycles. The van der Waals surface area contributed by atoms with Crippen molar-refractivity contribution < 1.29 is 0 Å². The largest absolute Gasteiger partial charge is 0.346 e. The lowest BCUT2D eigenvalue weighted by atomic mass is 10.1. The minimum absolute atomic E-state index is 0.701. The lowest BCUT2D eigenvalue weighted by Crippen LogP contribution is -2.17. The summed E-state index contributed by atoms with van der Waals surface area (Å²) in [7, 11) is 4.18. The first-order chi connectivity index (χ1) is 14.7. The van der Waals surface area contributed by atoms with Crippen LogP contribution < -0.4 is 5.32 Å². The van der Waals surface area contributed by atoms with Crippen molar-refractivity contribution in [2.45, 2.75) is 6.54 Å². The van der Waals surface area contributed by atoms with E-state index >= 15 is 0 Å². The summed E-state index contributed by atoms with van der Waals surface area (Å²) in [4.78, 5) is 11.4. The summed E-state index contributed by atoms with van der Waals surface area (Å²) in [5, 5.41) is 12.7. The van der Waals surface area contributed by atoms with Crippen molar-refractivity contribution in [2.75, 3.05) is 26.0 Å². The van der Waals surface area contributed by atoms with E-state index < -0.39 is 0 Å². The minimum Gasteiger partial charge on any atom is -0.346 e. The predicted molar refractivity (Wildman–Crippen MR) is 121 cm³/mol. The average Bonchev–Trinajstić information content (AvgIpc) is 3.38. The summed E-state index contributed by atoms with van der Waals surface area (Å²) in [6.07, 6.45) is 5.74. The zero-order valence-corrected chi connectivity index (χ0v) is 17.0. The Kier molecular flexibility index (Phi) is 4.65. The Morgan fingerprint density at radius 3 is 2.87 bits per heavy atom. The second-order valence-corrected chi connectivity index (χ2v) is 7.65. The highest BCUT2D eigenvalue weighted by Gasteiger charge is 2.08. The average molecular weight is 397 g/mol. The van der Waals surface area contributed by atoms with Crippen molar-refractivity contribution in [3.63, 3.8) is 0 Å². The highest BCUT2D eigenvalue weighted by Crippen LogP contribution is 2.25. The zero-order valence-electron chi connectivity index (χ0n) is 17.0. The number of fused-ring (bicyclic) bond motifs is 2. The van der Waals surface area contributed by atoms with Crippen LogP contribution in [-0.4, -0.2) is 50.3 Å². The number of nitrogens with one attached hydrogen (secondary N) is 2. The van der Waals surface area contributed by atoms with E-state index in [1.165, 1.54) is 10.9 Å². The molecule has 0 fully saturated rings. The SMILES string of the molecule is CN(C)CCn1ccc2ccc(-c3nccc(Nc4ccc5[nH]ncc5c4)n3)cc21. The molecule has 0 spiro atoms. The molecule has 0 atom stereocenters. The molecule has 0 aliphatic rings. The standard InChI is InChI=1S/C23H23N7/c1-29(2)11-12-30-10-8-16-3-4-17(14-21(16)30)23-24-9-7-22(27-23)26-19-5-6-20-18(13-19)15-25-28-20/h3-10,13-15H,11-12H2,1-2H3,(H,25,28)(H,24,26,27). The second-order valence-electron chi connectivity index (χ2n) is 7.65. The van der Waals surface area contributed by atoms with Gasteiger partial charge in [-0.25, -0.2) is 9.97 Å². The second kappa shape index (κ2) is 7.61. The molecular weight excluding hydrogens is 374 g/mol. The lowest BCUT2D eigenvalue weighted by molar-refractivity contribution is 0.387. The van der Waals surface area contributed by atoms with Crippen molar-refractivity contribution in [1.29, 1.82) is 0 Å². The molecule has 7 nitrogen and oxygen atoms in total. The summed E-state index contributed by atoms with van der Waals surface area (Å²) < 4.78 is 2.28. The van der Waals surface area contributed by atoms with Crippen molar-refractivity contribution in [3.8, 4) is 11.4 Å². The quantitative estimate of drug-likeness (QED) is 0.447. The van der Waals surface area contributed by atoms with Crippen LogP contribution in [-0.2, 0) is 6.54 Å². The first-order valence-corrected chi connectivity index (χ1v) is 9.93. The van der Waals surface area contributed by atoms with E-state index in [4.69, 9.17) is 4.98 Å². The molecule has 0 saturated heterocycles. The van der Waals surface area contributed by atoms with Gasteiger partial charge in [-0.15, -0.1) is 0 Å². The summed E-state index contributed by atoms with van der Waals surface area (Å²) >= 11 is 0. The number of hydrogen-bond acceptors (Lipinski definition) is 5. The van der Waals surface area contributed by atoms with Crippen molar-refractivity contribution in [3.05, 3.63) is 67.1 Å². The Hall–Kier alpha value is -3.71. The third-order valence-electron chi connectivity index (χ3n) is 5.19. The van der Waals surface area contributed by atoms with Crippen LogP contribution in [0.15, 0.2) is 67.1 Å². The maximum atomic E-state index is 4.74. The molecule has 2 N–H and O–H groups in total. The Morgan fingerprint density at radius 2 is 1.97 bits per heavy atom. The van der Waals surface area contributed by atoms with Gasteiger partial charge in [0.25, 0.3) is 0 Å². The van der Waals surface area contributed by atoms with E-state index in [1.807, 2.05) is 30.5 Å². The van der Waals surface area contributed by atoms with Crippen LogP contribution in [0.5, 0.6) is 0 Å². The van der Waals surface area contributed by atoms with Crippen molar-refractivity contribution in [2.24, 2.45) is 0 Å². The van der Waals surface area contributed by atoms with Gasteiger partial charge in [0.05, 0.1) is 11.7 Å². The number of nitrogens with zero attached hydrogens (tertiary/aromatic N) is 5. The molecule has 0 aliphatic heterocycles. The summed E-state index contributed by atoms with van der Waals surface area (Å²) in [6, 6.07) is 16.5. The monoisotopic (exact) mass is 397 g/mol. The van der Waals surface area contributed by atoms with Crippen LogP contribution in [0.2, 0.25) is 0 Å². The first-order valence-electron chi connectivity index (χ1n) is 9.93. The van der Waals surface area contributed by atoms with Gasteiger partial charge in [0.2, 0.25) is 0 Å². The molecule has 3 heterocycles. The fraction of sp³-hybridized carbons (Fsp3) is 0.174. The summed E-state index contributed by atoms with van der Waals surface area (Å²) in [6.45, 7) is 1.93. The fourth-order valence-electron chi connectivity index (χ4n) is 3.56. The minimum atomic E-state index is 0.701. The highest BCUT2D eigenvalue weighted by atomic mass is 15.1. The highest BCUT2D eigenvalue weighted by molar-refractivity contribution is 5.85. The van der Waals surface area contributed by atoms with Crippen molar-refractivity contribution >= 4 is 33.3 Å². The molecule has 3 aromatic heterocycles. The topological polar surface area (TPSA) is 74.7 Å². The van der Waals surface area contributed by atoms with Crippen molar-refractivity contribution in [1.82, 2.24) is 29.6 Å². The van der Waals surface area contributed by atoms with Gasteiger partial charge in [-0.3, -0.25) is 5.10 Å². The zero-order chi connectivity index (χ0) is 20.5. The number of anilines is 2. The summed E-state index contributed by atoms with van der Waals surface area (Å²) in [5.74, 6) is 1.46. The number of likely N-dealkylation sites (N-methyl/N-ethyl adjacent to an activating group) is 1. The maximum Gasteiger partial charge on any atom is 0.161 e. The Bertz CT molecular complexity index is 1320. The first kappa shape index (κ1) is 18.3. The Morgan fingerprint density at radius 1 is 1.03 bits per heavy atom. The molecular formula is C23H23N7. The van der Waals surface area contributed by atoms with Gasteiger partial charge in [-0.2, -0.15) is 5.10 Å². The van der Waals surface area contributed by atoms with E-state index in [9.17, 15) is 0 Å².